The molecule has 2 saturated carbocycles. The maximum absolute atomic E-state index is 11.5. The van der Waals surface area contributed by atoms with Gasteiger partial charge in [-0.2, -0.15) is 0 Å². The topological polar surface area (TPSA) is 37.3 Å². The minimum absolute atomic E-state index is 0.134. The van der Waals surface area contributed by atoms with Crippen molar-refractivity contribution in [2.24, 2.45) is 10.8 Å². The van der Waals surface area contributed by atoms with Gasteiger partial charge in [0.05, 0.1) is 0 Å². The van der Waals surface area contributed by atoms with Gasteiger partial charge in [-0.3, -0.25) is 4.79 Å². The first kappa shape index (κ1) is 19.0. The average Bonchev–Trinajstić information content (AvgIpc) is 3.44. The van der Waals surface area contributed by atoms with Gasteiger partial charge in [0.1, 0.15) is 5.78 Å². The van der Waals surface area contributed by atoms with E-state index in [4.69, 9.17) is 0 Å². The zero-order chi connectivity index (χ0) is 16.6. The van der Waals surface area contributed by atoms with Crippen LogP contribution < -0.4 is 0 Å². The van der Waals surface area contributed by atoms with E-state index in [2.05, 4.69) is 0 Å². The maximum Gasteiger partial charge on any atom is 0.135 e. The van der Waals surface area contributed by atoms with Crippen LogP contribution in [-0.2, 0) is 4.79 Å². The molecule has 2 rings (SSSR count). The van der Waals surface area contributed by atoms with Crippen LogP contribution in [0.3, 0.4) is 0 Å². The van der Waals surface area contributed by atoms with Crippen molar-refractivity contribution in [2.45, 2.75) is 110 Å². The third kappa shape index (κ3) is 6.57. The van der Waals surface area contributed by atoms with Crippen molar-refractivity contribution in [1.82, 2.24) is 0 Å². The molecule has 0 spiro atoms. The lowest BCUT2D eigenvalue weighted by Gasteiger charge is -2.11. The van der Waals surface area contributed by atoms with Gasteiger partial charge < -0.3 is 5.11 Å². The van der Waals surface area contributed by atoms with Crippen LogP contribution in [0.1, 0.15) is 110 Å². The Hall–Kier alpha value is -0.370. The molecule has 0 bridgehead atoms. The molecule has 1 N–H and O–H groups in total. The Morgan fingerprint density at radius 2 is 1.17 bits per heavy atom. The molecule has 0 unspecified atom stereocenters. The van der Waals surface area contributed by atoms with E-state index in [0.717, 1.165) is 19.3 Å². The lowest BCUT2D eigenvalue weighted by Crippen LogP contribution is -2.11. The Morgan fingerprint density at radius 3 is 1.52 bits per heavy atom. The molecule has 2 heteroatoms. The number of carbonyl (C=O) groups is 1. The van der Waals surface area contributed by atoms with E-state index in [0.29, 0.717) is 17.8 Å². The molecule has 0 radical (unpaired) electrons. The number of aliphatic hydroxyl groups excluding tert-OH is 1. The second-order valence-electron chi connectivity index (χ2n) is 8.53. The fourth-order valence-electron chi connectivity index (χ4n) is 3.97. The van der Waals surface area contributed by atoms with Gasteiger partial charge in [0.25, 0.3) is 0 Å². The first-order chi connectivity index (χ1) is 11.1. The van der Waals surface area contributed by atoms with Crippen LogP contribution >= 0.6 is 0 Å². The number of hydrogen-bond acceptors (Lipinski definition) is 2. The second kappa shape index (κ2) is 9.20. The van der Waals surface area contributed by atoms with Crippen molar-refractivity contribution in [3.05, 3.63) is 0 Å². The number of ketones is 1. The molecular weight excluding hydrogens is 284 g/mol. The molecule has 0 saturated heterocycles. The third-order valence-electron chi connectivity index (χ3n) is 6.51. The van der Waals surface area contributed by atoms with Gasteiger partial charge in [0.15, 0.2) is 0 Å². The van der Waals surface area contributed by atoms with Gasteiger partial charge in [-0.1, -0.05) is 64.2 Å². The summed E-state index contributed by atoms with van der Waals surface area (Å²) in [4.78, 5) is 11.5. The van der Waals surface area contributed by atoms with Crippen molar-refractivity contribution < 1.29 is 9.90 Å². The fraction of sp³-hybridized carbons (Fsp3) is 0.952. The highest BCUT2D eigenvalue weighted by molar-refractivity contribution is 5.84. The molecule has 2 nitrogen and oxygen atoms in total. The van der Waals surface area contributed by atoms with Gasteiger partial charge in [-0.25, -0.2) is 0 Å². The molecular formula is C21H38O2. The van der Waals surface area contributed by atoms with E-state index in [-0.39, 0.29) is 5.41 Å². The summed E-state index contributed by atoms with van der Waals surface area (Å²) < 4.78 is 0. The molecule has 2 aliphatic carbocycles. The largest absolute Gasteiger partial charge is 0.396 e. The summed E-state index contributed by atoms with van der Waals surface area (Å²) in [6, 6.07) is 0. The molecule has 0 heterocycles. The highest BCUT2D eigenvalue weighted by Gasteiger charge is 2.46. The van der Waals surface area contributed by atoms with Crippen molar-refractivity contribution in [2.75, 3.05) is 6.61 Å². The summed E-state index contributed by atoms with van der Waals surface area (Å²) >= 11 is 0. The van der Waals surface area contributed by atoms with Crippen LogP contribution in [0.2, 0.25) is 0 Å². The normalized spacial score (nSPS) is 20.4. The molecule has 0 aromatic carbocycles. The lowest BCUT2D eigenvalue weighted by atomic mass is 9.94. The van der Waals surface area contributed by atoms with Crippen LogP contribution in [0.25, 0.3) is 0 Å². The van der Waals surface area contributed by atoms with E-state index < -0.39 is 0 Å². The molecule has 2 aliphatic rings. The highest BCUT2D eigenvalue weighted by Crippen LogP contribution is 2.50. The quantitative estimate of drug-likeness (QED) is 0.386. The molecule has 2 fully saturated rings. The molecule has 134 valence electrons. The van der Waals surface area contributed by atoms with Gasteiger partial charge in [-0.15, -0.1) is 0 Å². The zero-order valence-corrected chi connectivity index (χ0v) is 15.4. The van der Waals surface area contributed by atoms with Crippen LogP contribution in [0.15, 0.2) is 0 Å². The summed E-state index contributed by atoms with van der Waals surface area (Å²) in [5.41, 5.74) is 0.497. The number of hydrogen-bond donors (Lipinski definition) is 1. The maximum atomic E-state index is 11.5. The number of carbonyl (C=O) groups excluding carboxylic acids is 1. The van der Waals surface area contributed by atoms with Gasteiger partial charge in [-0.05, 0) is 50.9 Å². The zero-order valence-electron chi connectivity index (χ0n) is 15.4. The predicted octanol–water partition coefficient (Wildman–Crippen LogP) is 5.81. The molecule has 23 heavy (non-hydrogen) atoms. The van der Waals surface area contributed by atoms with E-state index in [9.17, 15) is 9.90 Å². The number of rotatable bonds is 15. The van der Waals surface area contributed by atoms with Crippen molar-refractivity contribution >= 4 is 5.78 Å². The highest BCUT2D eigenvalue weighted by atomic mass is 16.3. The first-order valence-corrected chi connectivity index (χ1v) is 10.2. The van der Waals surface area contributed by atoms with Crippen LogP contribution in [0.5, 0.6) is 0 Å². The van der Waals surface area contributed by atoms with Crippen LogP contribution in [0.4, 0.5) is 0 Å². The lowest BCUT2D eigenvalue weighted by molar-refractivity contribution is -0.122. The standard InChI is InChI=1S/C21H38O2/c1-19(23)21(16-17-21)13-11-9-7-5-3-2-4-6-8-10-12-20(18-22)14-15-20/h22H,2-18H2,1H3. The van der Waals surface area contributed by atoms with Crippen molar-refractivity contribution in [1.29, 1.82) is 0 Å². The van der Waals surface area contributed by atoms with Crippen molar-refractivity contribution in [3.8, 4) is 0 Å². The summed E-state index contributed by atoms with van der Waals surface area (Å²) in [5, 5.41) is 9.28. The Bertz CT molecular complexity index is 353. The smallest absolute Gasteiger partial charge is 0.135 e. The summed E-state index contributed by atoms with van der Waals surface area (Å²) in [6.45, 7) is 2.20. The summed E-state index contributed by atoms with van der Waals surface area (Å²) in [7, 11) is 0. The first-order valence-electron chi connectivity index (χ1n) is 10.2. The Labute approximate surface area is 143 Å². The monoisotopic (exact) mass is 322 g/mol. The Kier molecular flexibility index (Phi) is 7.59. The van der Waals surface area contributed by atoms with Crippen LogP contribution in [0, 0.1) is 10.8 Å². The minimum Gasteiger partial charge on any atom is -0.396 e. The number of unbranched alkanes of at least 4 members (excludes halogenated alkanes) is 9. The molecule has 0 aliphatic heterocycles. The van der Waals surface area contributed by atoms with Gasteiger partial charge in [0.2, 0.25) is 0 Å². The molecule has 0 aromatic rings. The Balaban J connectivity index is 1.29. The van der Waals surface area contributed by atoms with Gasteiger partial charge in [0, 0.05) is 12.0 Å². The van der Waals surface area contributed by atoms with E-state index in [1.807, 2.05) is 0 Å². The number of Topliss-reactive ketones (excluding diaryl/α,β-unsaturated/α-hetero) is 1. The average molecular weight is 323 g/mol. The molecule has 0 aromatic heterocycles. The summed E-state index contributed by atoms with van der Waals surface area (Å²) in [6.07, 6.45) is 20.8. The molecule has 0 amide bonds. The third-order valence-corrected chi connectivity index (χ3v) is 6.51. The van der Waals surface area contributed by atoms with E-state index in [1.54, 1.807) is 6.92 Å². The SMILES string of the molecule is CC(=O)C1(CCCCCCCCCCCCC2(CO)CC2)CC1. The van der Waals surface area contributed by atoms with Crippen LogP contribution in [-0.4, -0.2) is 17.5 Å². The van der Waals surface area contributed by atoms with E-state index in [1.165, 1.54) is 83.5 Å². The predicted molar refractivity (Wildman–Crippen MR) is 96.5 cm³/mol. The second-order valence-corrected chi connectivity index (χ2v) is 8.53. The number of aliphatic hydroxyl groups is 1. The van der Waals surface area contributed by atoms with Gasteiger partial charge >= 0.3 is 0 Å². The fourth-order valence-corrected chi connectivity index (χ4v) is 3.97. The van der Waals surface area contributed by atoms with E-state index >= 15 is 0 Å². The molecule has 0 atom stereocenters. The summed E-state index contributed by atoms with van der Waals surface area (Å²) in [5.74, 6) is 0.434. The minimum atomic E-state index is 0.134. The van der Waals surface area contributed by atoms with Crippen molar-refractivity contribution in [3.63, 3.8) is 0 Å². The Morgan fingerprint density at radius 1 is 0.739 bits per heavy atom.